The first kappa shape index (κ1) is 23.2. The van der Waals surface area contributed by atoms with E-state index < -0.39 is 15.8 Å². The van der Waals surface area contributed by atoms with Gasteiger partial charge in [-0.2, -0.15) is 9.61 Å². The summed E-state index contributed by atoms with van der Waals surface area (Å²) in [7, 11) is 2.06. The van der Waals surface area contributed by atoms with E-state index in [1.807, 2.05) is 18.2 Å². The van der Waals surface area contributed by atoms with Crippen LogP contribution in [-0.4, -0.2) is 44.0 Å². The summed E-state index contributed by atoms with van der Waals surface area (Å²) in [6.07, 6.45) is 1.95. The van der Waals surface area contributed by atoms with Gasteiger partial charge in [0.25, 0.3) is 0 Å². The number of benzene rings is 2. The third-order valence-electron chi connectivity index (χ3n) is 5.03. The average Bonchev–Trinajstić information content (AvgIpc) is 3.14. The fourth-order valence-corrected chi connectivity index (χ4v) is 5.06. The smallest absolute Gasteiger partial charge is 0.243 e. The van der Waals surface area contributed by atoms with Crippen LogP contribution in [0.2, 0.25) is 5.02 Å². The average molecular weight is 484 g/mol. The highest BCUT2D eigenvalue weighted by atomic mass is 35.5. The number of aromatic nitrogens is 3. The molecule has 0 aliphatic carbocycles. The van der Waals surface area contributed by atoms with Gasteiger partial charge in [0.1, 0.15) is 24.4 Å². The first-order valence-corrected chi connectivity index (χ1v) is 12.0. The van der Waals surface area contributed by atoms with Gasteiger partial charge in [0.05, 0.1) is 5.69 Å². The van der Waals surface area contributed by atoms with Crippen LogP contribution in [0, 0.1) is 12.7 Å². The number of nitrogens with zero attached hydrogens (tertiary/aromatic N) is 3. The molecule has 0 aliphatic rings. The molecule has 4 aromatic rings. The van der Waals surface area contributed by atoms with Crippen LogP contribution in [0.1, 0.15) is 12.0 Å². The molecule has 0 saturated carbocycles. The molecule has 0 amide bonds. The van der Waals surface area contributed by atoms with Crippen LogP contribution >= 0.6 is 11.6 Å². The standard InChI is InChI=1S/C22H20BClFN5O2S/c1-14-6-4-9-18(25)21(14)33(31,32)28-11-5-10-26-20-12-19(15-7-2-3-8-17(15)24)29-22-16(23)13-27-30(20)22/h2-4,6-9,12-13,26,28H,5,10-11H2,1H3. The molecule has 2 aromatic heterocycles. The highest BCUT2D eigenvalue weighted by molar-refractivity contribution is 7.89. The van der Waals surface area contributed by atoms with Gasteiger partial charge in [-0.3, -0.25) is 0 Å². The van der Waals surface area contributed by atoms with E-state index in [1.54, 1.807) is 29.6 Å². The van der Waals surface area contributed by atoms with Crippen LogP contribution in [-0.2, 0) is 10.0 Å². The van der Waals surface area contributed by atoms with Crippen molar-refractivity contribution < 1.29 is 12.8 Å². The molecule has 0 spiro atoms. The minimum atomic E-state index is -3.96. The lowest BCUT2D eigenvalue weighted by atomic mass is 10.0. The molecular formula is C22H20BClFN5O2S. The Morgan fingerprint density at radius 2 is 1.94 bits per heavy atom. The van der Waals surface area contributed by atoms with E-state index in [2.05, 4.69) is 20.1 Å². The highest BCUT2D eigenvalue weighted by Crippen LogP contribution is 2.28. The second-order valence-electron chi connectivity index (χ2n) is 7.41. The van der Waals surface area contributed by atoms with Gasteiger partial charge in [-0.15, -0.1) is 0 Å². The van der Waals surface area contributed by atoms with Gasteiger partial charge in [-0.05, 0) is 36.5 Å². The summed E-state index contributed by atoms with van der Waals surface area (Å²) >= 11 is 6.33. The van der Waals surface area contributed by atoms with Crippen molar-refractivity contribution in [2.45, 2.75) is 18.2 Å². The van der Waals surface area contributed by atoms with Crippen molar-refractivity contribution in [3.8, 4) is 11.3 Å². The summed E-state index contributed by atoms with van der Waals surface area (Å²) in [5.74, 6) is -0.150. The largest absolute Gasteiger partial charge is 0.370 e. The molecule has 0 aliphatic heterocycles. The number of rotatable bonds is 8. The second-order valence-corrected chi connectivity index (χ2v) is 9.52. The van der Waals surface area contributed by atoms with Crippen LogP contribution < -0.4 is 15.5 Å². The Morgan fingerprint density at radius 3 is 2.70 bits per heavy atom. The van der Waals surface area contributed by atoms with Crippen molar-refractivity contribution in [1.82, 2.24) is 19.3 Å². The monoisotopic (exact) mass is 483 g/mol. The van der Waals surface area contributed by atoms with Crippen LogP contribution in [0.4, 0.5) is 10.2 Å². The van der Waals surface area contributed by atoms with Crippen LogP contribution in [0.25, 0.3) is 16.9 Å². The molecule has 2 aromatic carbocycles. The molecule has 2 radical (unpaired) electrons. The van der Waals surface area contributed by atoms with Crippen molar-refractivity contribution in [1.29, 1.82) is 0 Å². The summed E-state index contributed by atoms with van der Waals surface area (Å²) < 4.78 is 43.0. The maximum absolute atomic E-state index is 14.0. The van der Waals surface area contributed by atoms with Crippen LogP contribution in [0.5, 0.6) is 0 Å². The van der Waals surface area contributed by atoms with E-state index in [0.717, 1.165) is 11.6 Å². The zero-order chi connectivity index (χ0) is 23.6. The molecule has 2 N–H and O–H groups in total. The van der Waals surface area contributed by atoms with Gasteiger partial charge in [0.2, 0.25) is 10.0 Å². The van der Waals surface area contributed by atoms with E-state index in [-0.39, 0.29) is 11.4 Å². The molecule has 0 unspecified atom stereocenters. The summed E-state index contributed by atoms with van der Waals surface area (Å²) in [5, 5.41) is 8.04. The molecule has 0 fully saturated rings. The molecule has 11 heteroatoms. The van der Waals surface area contributed by atoms with E-state index in [9.17, 15) is 12.8 Å². The van der Waals surface area contributed by atoms with Crippen LogP contribution in [0.15, 0.2) is 59.6 Å². The van der Waals surface area contributed by atoms with E-state index >= 15 is 0 Å². The Labute approximate surface area is 197 Å². The normalized spacial score (nSPS) is 11.7. The Morgan fingerprint density at radius 1 is 1.15 bits per heavy atom. The first-order valence-electron chi connectivity index (χ1n) is 10.2. The van der Waals surface area contributed by atoms with Crippen molar-refractivity contribution in [2.75, 3.05) is 18.4 Å². The number of anilines is 1. The molecule has 2 heterocycles. The van der Waals surface area contributed by atoms with Gasteiger partial charge in [0, 0.05) is 35.9 Å². The number of sulfonamides is 1. The highest BCUT2D eigenvalue weighted by Gasteiger charge is 2.20. The zero-order valence-electron chi connectivity index (χ0n) is 17.7. The lowest BCUT2D eigenvalue weighted by Crippen LogP contribution is -2.27. The van der Waals surface area contributed by atoms with Crippen molar-refractivity contribution >= 4 is 46.4 Å². The summed E-state index contributed by atoms with van der Waals surface area (Å²) in [4.78, 5) is 4.25. The van der Waals surface area contributed by atoms with Gasteiger partial charge >= 0.3 is 0 Å². The number of nitrogens with one attached hydrogen (secondary N) is 2. The summed E-state index contributed by atoms with van der Waals surface area (Å²) in [6.45, 7) is 2.09. The lowest BCUT2D eigenvalue weighted by Gasteiger charge is -2.13. The first-order chi connectivity index (χ1) is 15.8. The third-order valence-corrected chi connectivity index (χ3v) is 7.00. The maximum atomic E-state index is 14.0. The molecule has 0 atom stereocenters. The minimum absolute atomic E-state index is 0.121. The molecular weight excluding hydrogens is 464 g/mol. The summed E-state index contributed by atoms with van der Waals surface area (Å²) in [5.41, 5.74) is 2.62. The molecule has 0 bridgehead atoms. The van der Waals surface area contributed by atoms with Crippen molar-refractivity contribution in [2.24, 2.45) is 0 Å². The Bertz CT molecular complexity index is 1410. The Balaban J connectivity index is 1.47. The Hall–Kier alpha value is -2.95. The maximum Gasteiger partial charge on any atom is 0.243 e. The SMILES string of the molecule is [B]c1cnn2c(NCCCNS(=O)(=O)c3c(C)cccc3F)cc(-c3ccccc3Cl)nc12. The van der Waals surface area contributed by atoms with Crippen molar-refractivity contribution in [3.05, 3.63) is 71.1 Å². The Kier molecular flexibility index (Phi) is 6.69. The molecule has 0 saturated heterocycles. The number of aryl methyl sites for hydroxylation is 1. The minimum Gasteiger partial charge on any atom is -0.370 e. The molecule has 4 rings (SSSR count). The fraction of sp³-hybridized carbons (Fsp3) is 0.182. The predicted molar refractivity (Wildman–Crippen MR) is 128 cm³/mol. The fourth-order valence-electron chi connectivity index (χ4n) is 3.45. The number of fused-ring (bicyclic) bond motifs is 1. The molecule has 7 nitrogen and oxygen atoms in total. The van der Waals surface area contributed by atoms with Gasteiger partial charge in [0.15, 0.2) is 5.65 Å². The van der Waals surface area contributed by atoms with Gasteiger partial charge in [-0.1, -0.05) is 41.9 Å². The number of hydrogen-bond donors (Lipinski definition) is 2. The van der Waals surface area contributed by atoms with Gasteiger partial charge in [-0.25, -0.2) is 22.5 Å². The molecule has 33 heavy (non-hydrogen) atoms. The summed E-state index contributed by atoms with van der Waals surface area (Å²) in [6, 6.07) is 13.3. The predicted octanol–water partition coefficient (Wildman–Crippen LogP) is 3.07. The molecule has 168 valence electrons. The third kappa shape index (κ3) is 4.87. The van der Waals surface area contributed by atoms with Crippen LogP contribution in [0.3, 0.4) is 0 Å². The van der Waals surface area contributed by atoms with E-state index in [0.29, 0.717) is 46.2 Å². The topological polar surface area (TPSA) is 88.4 Å². The van der Waals surface area contributed by atoms with Gasteiger partial charge < -0.3 is 5.32 Å². The number of halogens is 2. The zero-order valence-corrected chi connectivity index (χ0v) is 19.3. The second kappa shape index (κ2) is 9.50. The quantitative estimate of drug-likeness (QED) is 0.297. The lowest BCUT2D eigenvalue weighted by molar-refractivity contribution is 0.554. The van der Waals surface area contributed by atoms with E-state index in [1.165, 1.54) is 12.3 Å². The van der Waals surface area contributed by atoms with E-state index in [4.69, 9.17) is 19.4 Å². The number of hydrogen-bond acceptors (Lipinski definition) is 5. The van der Waals surface area contributed by atoms with Crippen molar-refractivity contribution in [3.63, 3.8) is 0 Å².